The number of nitrogens with zero attached hydrogens (tertiary/aromatic N) is 2. The molecule has 3 rings (SSSR count). The van der Waals surface area contributed by atoms with Gasteiger partial charge in [-0.15, -0.1) is 0 Å². The Morgan fingerprint density at radius 2 is 1.90 bits per heavy atom. The highest BCUT2D eigenvalue weighted by molar-refractivity contribution is 5.78. The quantitative estimate of drug-likeness (QED) is 0.779. The van der Waals surface area contributed by atoms with Crippen LogP contribution in [0.1, 0.15) is 11.1 Å². The van der Waals surface area contributed by atoms with Crippen LogP contribution in [0.15, 0.2) is 48.5 Å². The number of para-hydroxylation sites is 2. The number of hydrogen-bond donors (Lipinski definition) is 1. The molecule has 0 atom stereocenters. The lowest BCUT2D eigenvalue weighted by Crippen LogP contribution is -2.05. The molecular formula is C17H19N3O. The zero-order valence-corrected chi connectivity index (χ0v) is 12.3. The summed E-state index contributed by atoms with van der Waals surface area (Å²) < 4.78 is 7.25. The molecule has 21 heavy (non-hydrogen) atoms. The van der Waals surface area contributed by atoms with Crippen LogP contribution in [0.5, 0.6) is 0 Å². The van der Waals surface area contributed by atoms with Gasteiger partial charge >= 0.3 is 0 Å². The largest absolute Gasteiger partial charge is 0.380 e. The van der Waals surface area contributed by atoms with E-state index < -0.39 is 0 Å². The molecule has 2 aromatic carbocycles. The molecule has 0 radical (unpaired) electrons. The molecule has 0 spiro atoms. The van der Waals surface area contributed by atoms with Gasteiger partial charge in [0.25, 0.3) is 0 Å². The minimum atomic E-state index is 0.639. The first-order chi connectivity index (χ1) is 10.3. The van der Waals surface area contributed by atoms with Gasteiger partial charge < -0.3 is 14.6 Å². The summed E-state index contributed by atoms with van der Waals surface area (Å²) in [6.07, 6.45) is 0. The van der Waals surface area contributed by atoms with Crippen LogP contribution in [0, 0.1) is 0 Å². The van der Waals surface area contributed by atoms with Crippen LogP contribution in [0.2, 0.25) is 0 Å². The van der Waals surface area contributed by atoms with Crippen LogP contribution >= 0.6 is 0 Å². The predicted octanol–water partition coefficient (Wildman–Crippen LogP) is 3.33. The van der Waals surface area contributed by atoms with Crippen molar-refractivity contribution >= 4 is 17.0 Å². The van der Waals surface area contributed by atoms with Crippen molar-refractivity contribution in [3.05, 3.63) is 59.7 Å². The Morgan fingerprint density at radius 3 is 2.71 bits per heavy atom. The molecule has 0 amide bonds. The zero-order valence-electron chi connectivity index (χ0n) is 12.3. The fourth-order valence-corrected chi connectivity index (χ4v) is 2.48. The van der Waals surface area contributed by atoms with Crippen molar-refractivity contribution in [3.8, 4) is 0 Å². The lowest BCUT2D eigenvalue weighted by Gasteiger charge is -2.08. The Balaban J connectivity index is 1.77. The van der Waals surface area contributed by atoms with E-state index >= 15 is 0 Å². The molecule has 1 heterocycles. The molecule has 108 valence electrons. The maximum Gasteiger partial charge on any atom is 0.203 e. The van der Waals surface area contributed by atoms with Crippen molar-refractivity contribution < 1.29 is 4.74 Å². The number of rotatable bonds is 5. The topological polar surface area (TPSA) is 39.1 Å². The number of imidazole rings is 1. The van der Waals surface area contributed by atoms with Crippen molar-refractivity contribution in [2.24, 2.45) is 7.05 Å². The molecule has 4 nitrogen and oxygen atoms in total. The maximum absolute atomic E-state index is 5.17. The molecule has 1 aromatic heterocycles. The molecule has 0 saturated carbocycles. The van der Waals surface area contributed by atoms with Crippen LogP contribution in [0.4, 0.5) is 5.95 Å². The molecule has 0 aliphatic heterocycles. The predicted molar refractivity (Wildman–Crippen MR) is 85.2 cm³/mol. The smallest absolute Gasteiger partial charge is 0.203 e. The van der Waals surface area contributed by atoms with Gasteiger partial charge in [0.15, 0.2) is 0 Å². The van der Waals surface area contributed by atoms with Crippen molar-refractivity contribution in [2.45, 2.75) is 13.2 Å². The van der Waals surface area contributed by atoms with Gasteiger partial charge in [-0.3, -0.25) is 0 Å². The molecule has 1 N–H and O–H groups in total. The maximum atomic E-state index is 5.17. The van der Waals surface area contributed by atoms with E-state index in [2.05, 4.69) is 45.2 Å². The van der Waals surface area contributed by atoms with E-state index in [1.165, 1.54) is 11.1 Å². The molecule has 0 fully saturated rings. The minimum Gasteiger partial charge on any atom is -0.380 e. The van der Waals surface area contributed by atoms with Crippen molar-refractivity contribution in [1.82, 2.24) is 9.55 Å². The molecule has 0 aliphatic carbocycles. The second-order valence-corrected chi connectivity index (χ2v) is 5.09. The average molecular weight is 281 g/mol. The third-order valence-electron chi connectivity index (χ3n) is 3.54. The van der Waals surface area contributed by atoms with Crippen LogP contribution in [-0.2, 0) is 24.9 Å². The molecule has 0 unspecified atom stereocenters. The van der Waals surface area contributed by atoms with E-state index in [1.54, 1.807) is 7.11 Å². The van der Waals surface area contributed by atoms with Crippen LogP contribution in [0.3, 0.4) is 0 Å². The van der Waals surface area contributed by atoms with E-state index in [1.807, 2.05) is 25.2 Å². The number of anilines is 1. The molecular weight excluding hydrogens is 262 g/mol. The number of fused-ring (bicyclic) bond motifs is 1. The fourth-order valence-electron chi connectivity index (χ4n) is 2.48. The summed E-state index contributed by atoms with van der Waals surface area (Å²) in [4.78, 5) is 4.61. The van der Waals surface area contributed by atoms with Crippen molar-refractivity contribution in [2.75, 3.05) is 12.4 Å². The summed E-state index contributed by atoms with van der Waals surface area (Å²) in [5, 5.41) is 3.40. The molecule has 0 bridgehead atoms. The standard InChI is InChI=1S/C17H19N3O/c1-20-16-9-4-3-8-15(16)19-17(20)18-11-13-6-5-7-14(10-13)12-21-2/h3-10H,11-12H2,1-2H3,(H,18,19). The fraction of sp³-hybridized carbons (Fsp3) is 0.235. The number of benzene rings is 2. The summed E-state index contributed by atoms with van der Waals surface area (Å²) in [6, 6.07) is 16.5. The summed E-state index contributed by atoms with van der Waals surface area (Å²) in [7, 11) is 3.74. The minimum absolute atomic E-state index is 0.639. The first kappa shape index (κ1) is 13.6. The molecule has 4 heteroatoms. The van der Waals surface area contributed by atoms with E-state index in [0.717, 1.165) is 23.5 Å². The van der Waals surface area contributed by atoms with Gasteiger partial charge in [-0.1, -0.05) is 36.4 Å². The van der Waals surface area contributed by atoms with E-state index in [0.29, 0.717) is 6.61 Å². The Labute approximate surface area is 124 Å². The van der Waals surface area contributed by atoms with Crippen molar-refractivity contribution in [1.29, 1.82) is 0 Å². The SMILES string of the molecule is COCc1cccc(CNc2nc3ccccc3n2C)c1. The van der Waals surface area contributed by atoms with Crippen LogP contribution in [-0.4, -0.2) is 16.7 Å². The lowest BCUT2D eigenvalue weighted by atomic mass is 10.1. The van der Waals surface area contributed by atoms with Gasteiger partial charge in [-0.25, -0.2) is 4.98 Å². The van der Waals surface area contributed by atoms with Gasteiger partial charge in [0.1, 0.15) is 0 Å². The van der Waals surface area contributed by atoms with Gasteiger partial charge in [0.05, 0.1) is 17.6 Å². The number of ether oxygens (including phenoxy) is 1. The summed E-state index contributed by atoms with van der Waals surface area (Å²) in [5.41, 5.74) is 4.54. The van der Waals surface area contributed by atoms with E-state index in [-0.39, 0.29) is 0 Å². The zero-order chi connectivity index (χ0) is 14.7. The lowest BCUT2D eigenvalue weighted by molar-refractivity contribution is 0.185. The number of aryl methyl sites for hydroxylation is 1. The Hall–Kier alpha value is -2.33. The first-order valence-electron chi connectivity index (χ1n) is 7.00. The van der Waals surface area contributed by atoms with Gasteiger partial charge in [-0.05, 0) is 23.3 Å². The number of aromatic nitrogens is 2. The van der Waals surface area contributed by atoms with E-state index in [4.69, 9.17) is 4.74 Å². The molecule has 3 aromatic rings. The van der Waals surface area contributed by atoms with E-state index in [9.17, 15) is 0 Å². The van der Waals surface area contributed by atoms with Crippen LogP contribution in [0.25, 0.3) is 11.0 Å². The summed E-state index contributed by atoms with van der Waals surface area (Å²) in [6.45, 7) is 1.38. The monoisotopic (exact) mass is 281 g/mol. The highest BCUT2D eigenvalue weighted by Crippen LogP contribution is 2.18. The Bertz CT molecular complexity index is 749. The molecule has 0 aliphatic rings. The first-order valence-corrected chi connectivity index (χ1v) is 7.00. The third-order valence-corrected chi connectivity index (χ3v) is 3.54. The Morgan fingerprint density at radius 1 is 1.10 bits per heavy atom. The normalized spacial score (nSPS) is 11.0. The third kappa shape index (κ3) is 2.90. The van der Waals surface area contributed by atoms with Crippen molar-refractivity contribution in [3.63, 3.8) is 0 Å². The highest BCUT2D eigenvalue weighted by Gasteiger charge is 2.06. The second-order valence-electron chi connectivity index (χ2n) is 5.09. The second kappa shape index (κ2) is 5.97. The van der Waals surface area contributed by atoms with Gasteiger partial charge in [0, 0.05) is 20.7 Å². The highest BCUT2D eigenvalue weighted by atomic mass is 16.5. The Kier molecular flexibility index (Phi) is 3.88. The number of nitrogens with one attached hydrogen (secondary N) is 1. The van der Waals surface area contributed by atoms with Gasteiger partial charge in [0.2, 0.25) is 5.95 Å². The van der Waals surface area contributed by atoms with Gasteiger partial charge in [-0.2, -0.15) is 0 Å². The summed E-state index contributed by atoms with van der Waals surface area (Å²) in [5.74, 6) is 0.883. The number of methoxy groups -OCH3 is 1. The van der Waals surface area contributed by atoms with Crippen LogP contribution < -0.4 is 5.32 Å². The molecule has 0 saturated heterocycles. The summed E-state index contributed by atoms with van der Waals surface area (Å²) >= 11 is 0. The average Bonchev–Trinajstić information content (AvgIpc) is 2.83. The number of hydrogen-bond acceptors (Lipinski definition) is 3.